The average molecular weight is 943 g/mol. The smallest absolute Gasteiger partial charge is 0.179 e. The molecule has 0 bridgehead atoms. The van der Waals surface area contributed by atoms with E-state index in [9.17, 15) is 27.0 Å². The molecule has 0 radical (unpaired) electrons. The van der Waals surface area contributed by atoms with Crippen LogP contribution in [-0.4, -0.2) is 99.8 Å². The summed E-state index contributed by atoms with van der Waals surface area (Å²) in [4.78, 5) is 5.14. The van der Waals surface area contributed by atoms with Crippen LogP contribution in [-0.2, 0) is 32.5 Å². The highest BCUT2D eigenvalue weighted by Gasteiger charge is 2.32. The molecule has 2 aliphatic rings. The Morgan fingerprint density at radius 1 is 0.424 bits per heavy atom. The lowest BCUT2D eigenvalue weighted by Crippen LogP contribution is -2.46. The van der Waals surface area contributed by atoms with Crippen molar-refractivity contribution in [2.75, 3.05) is 50.8 Å². The molecule has 4 aromatic carbocycles. The molecule has 2 N–H and O–H groups in total. The number of hydrogen-bond acceptors (Lipinski definition) is 8. The number of nitrogens with zero attached hydrogens (tertiary/aromatic N) is 2. The zero-order valence-electron chi connectivity index (χ0n) is 43.3. The normalized spacial score (nSPS) is 19.8. The van der Waals surface area contributed by atoms with Gasteiger partial charge in [0.2, 0.25) is 0 Å². The van der Waals surface area contributed by atoms with Crippen LogP contribution >= 0.6 is 0 Å². The first kappa shape index (κ1) is 53.6. The molecule has 8 nitrogen and oxygen atoms in total. The van der Waals surface area contributed by atoms with E-state index in [1.807, 2.05) is 67.5 Å². The lowest BCUT2D eigenvalue weighted by molar-refractivity contribution is 0.0243. The number of rotatable bonds is 12. The number of aliphatic hydroxyl groups excluding tert-OH is 2. The number of hydrogen-bond donors (Lipinski definition) is 2. The van der Waals surface area contributed by atoms with Gasteiger partial charge in [-0.2, -0.15) is 0 Å². The van der Waals surface area contributed by atoms with Crippen LogP contribution in [0.15, 0.2) is 34.1 Å². The molecular formula is C56H82N2O6S2. The predicted octanol–water partition coefficient (Wildman–Crippen LogP) is 9.71. The van der Waals surface area contributed by atoms with Gasteiger partial charge in [0.05, 0.1) is 33.5 Å². The highest BCUT2D eigenvalue weighted by molar-refractivity contribution is 7.91. The second-order valence-electron chi connectivity index (χ2n) is 20.5. The van der Waals surface area contributed by atoms with E-state index in [1.165, 1.54) is 55.6 Å². The first-order valence-electron chi connectivity index (χ1n) is 24.2. The Morgan fingerprint density at radius 3 is 1.02 bits per heavy atom. The van der Waals surface area contributed by atoms with E-state index in [-0.39, 0.29) is 23.3 Å². The zero-order valence-corrected chi connectivity index (χ0v) is 45.0. The fourth-order valence-corrected chi connectivity index (χ4v) is 13.7. The van der Waals surface area contributed by atoms with Crippen molar-refractivity contribution in [3.05, 3.63) is 124 Å². The van der Waals surface area contributed by atoms with Crippen molar-refractivity contribution < 1.29 is 27.0 Å². The first-order chi connectivity index (χ1) is 30.7. The summed E-state index contributed by atoms with van der Waals surface area (Å²) < 4.78 is 52.6. The minimum absolute atomic E-state index is 0.0859. The third-order valence-electron chi connectivity index (χ3n) is 16.6. The fourth-order valence-electron chi connectivity index (χ4n) is 10.3. The summed E-state index contributed by atoms with van der Waals surface area (Å²) in [6, 6.07) is 8.19. The highest BCUT2D eigenvalue weighted by Crippen LogP contribution is 2.32. The molecule has 0 amide bonds. The van der Waals surface area contributed by atoms with Crippen LogP contribution in [0, 0.1) is 123 Å². The van der Waals surface area contributed by atoms with Gasteiger partial charge in [-0.15, -0.1) is 0 Å². The molecule has 6 rings (SSSR count). The summed E-state index contributed by atoms with van der Waals surface area (Å²) >= 11 is 0. The van der Waals surface area contributed by atoms with E-state index in [2.05, 4.69) is 77.3 Å². The van der Waals surface area contributed by atoms with E-state index < -0.39 is 31.9 Å². The van der Waals surface area contributed by atoms with Crippen LogP contribution in [0.1, 0.15) is 113 Å². The van der Waals surface area contributed by atoms with Gasteiger partial charge in [0.25, 0.3) is 0 Å². The van der Waals surface area contributed by atoms with Gasteiger partial charge in [-0.05, 0) is 274 Å². The van der Waals surface area contributed by atoms with Crippen molar-refractivity contribution in [3.8, 4) is 0 Å². The minimum Gasteiger partial charge on any atom is -0.391 e. The average Bonchev–Trinajstić information content (AvgIpc) is 3.27. The maximum Gasteiger partial charge on any atom is 0.179 e. The molecule has 2 aliphatic heterocycles. The van der Waals surface area contributed by atoms with Crippen LogP contribution < -0.4 is 0 Å². The minimum atomic E-state index is -3.37. The maximum atomic E-state index is 13.1. The molecule has 0 unspecified atom stereocenters. The third kappa shape index (κ3) is 11.9. The molecule has 364 valence electrons. The van der Waals surface area contributed by atoms with Crippen molar-refractivity contribution >= 4 is 19.7 Å². The Morgan fingerprint density at radius 2 is 0.712 bits per heavy atom. The van der Waals surface area contributed by atoms with Crippen molar-refractivity contribution in [1.82, 2.24) is 9.80 Å². The SMILES string of the molecule is Cc1cc(C[C@@H]2CCN(CCS(=O)(=O)c3cc(C)c(C)c(C)c3C)C[C@@H]2O)c(C)c(C)c1C.Cc1cc(C[C@H]2CCN(CCS(=O)(=O)c3cc(C)c(C)c(C)c3C)C[C@H]2O)c(C)c(C)c1C. The number of sulfone groups is 2. The number of benzene rings is 4. The van der Waals surface area contributed by atoms with Crippen LogP contribution in [0.4, 0.5) is 0 Å². The van der Waals surface area contributed by atoms with Crippen LogP contribution in [0.5, 0.6) is 0 Å². The van der Waals surface area contributed by atoms with Crippen LogP contribution in [0.25, 0.3) is 0 Å². The van der Waals surface area contributed by atoms with Gasteiger partial charge >= 0.3 is 0 Å². The van der Waals surface area contributed by atoms with Crippen LogP contribution in [0.3, 0.4) is 0 Å². The van der Waals surface area contributed by atoms with E-state index in [0.717, 1.165) is 83.3 Å². The zero-order chi connectivity index (χ0) is 49.3. The molecule has 66 heavy (non-hydrogen) atoms. The summed E-state index contributed by atoms with van der Waals surface area (Å²) in [5, 5.41) is 21.8. The number of likely N-dealkylation sites (tertiary alicyclic amines) is 2. The molecule has 4 aromatic rings. The summed E-state index contributed by atoms with van der Waals surface area (Å²) in [5.41, 5.74) is 21.5. The van der Waals surface area contributed by atoms with E-state index in [0.29, 0.717) is 36.0 Å². The van der Waals surface area contributed by atoms with Gasteiger partial charge in [0.15, 0.2) is 19.7 Å². The third-order valence-corrected chi connectivity index (χ3v) is 20.3. The van der Waals surface area contributed by atoms with Gasteiger partial charge in [-0.1, -0.05) is 12.1 Å². The second-order valence-corrected chi connectivity index (χ2v) is 24.6. The predicted molar refractivity (Wildman–Crippen MR) is 274 cm³/mol. The Bertz CT molecular complexity index is 2480. The van der Waals surface area contributed by atoms with Gasteiger partial charge in [0.1, 0.15) is 0 Å². The molecule has 0 saturated carbocycles. The summed E-state index contributed by atoms with van der Waals surface area (Å²) in [5.74, 6) is 0.594. The maximum absolute atomic E-state index is 13.1. The number of β-amino-alcohol motifs (C(OH)–C–C–N with tert-alkyl or cyclic N) is 2. The summed E-state index contributed by atoms with van der Waals surface area (Å²) in [7, 11) is -6.75. The topological polar surface area (TPSA) is 115 Å². The quantitative estimate of drug-likeness (QED) is 0.144. The van der Waals surface area contributed by atoms with E-state index >= 15 is 0 Å². The number of piperidine rings is 2. The van der Waals surface area contributed by atoms with Crippen molar-refractivity contribution in [3.63, 3.8) is 0 Å². The molecule has 0 aromatic heterocycles. The van der Waals surface area contributed by atoms with Gasteiger partial charge in [-0.25, -0.2) is 16.8 Å². The van der Waals surface area contributed by atoms with Gasteiger partial charge in [0, 0.05) is 26.2 Å². The molecule has 2 saturated heterocycles. The summed E-state index contributed by atoms with van der Waals surface area (Å²) in [6.07, 6.45) is 2.65. The molecule has 0 aliphatic carbocycles. The van der Waals surface area contributed by atoms with Crippen molar-refractivity contribution in [2.24, 2.45) is 11.8 Å². The molecule has 2 fully saturated rings. The molecule has 4 atom stereocenters. The molecule has 0 spiro atoms. The monoisotopic (exact) mass is 943 g/mol. The first-order valence-corrected chi connectivity index (χ1v) is 27.5. The van der Waals surface area contributed by atoms with Gasteiger partial charge < -0.3 is 10.2 Å². The Hall–Kier alpha value is -3.38. The lowest BCUT2D eigenvalue weighted by atomic mass is 9.84. The molecular weight excluding hydrogens is 861 g/mol. The van der Waals surface area contributed by atoms with E-state index in [1.54, 1.807) is 0 Å². The largest absolute Gasteiger partial charge is 0.391 e. The Kier molecular flexibility index (Phi) is 17.5. The fraction of sp³-hybridized carbons (Fsp3) is 0.571. The Balaban J connectivity index is 0.000000247. The van der Waals surface area contributed by atoms with Gasteiger partial charge in [-0.3, -0.25) is 9.80 Å². The van der Waals surface area contributed by atoms with Crippen molar-refractivity contribution in [2.45, 2.75) is 158 Å². The Labute approximate surface area is 400 Å². The number of aliphatic hydroxyl groups is 2. The van der Waals surface area contributed by atoms with Crippen molar-refractivity contribution in [1.29, 1.82) is 0 Å². The summed E-state index contributed by atoms with van der Waals surface area (Å²) in [6.45, 7) is 36.8. The highest BCUT2D eigenvalue weighted by atomic mass is 32.2. The van der Waals surface area contributed by atoms with E-state index in [4.69, 9.17) is 0 Å². The number of aryl methyl sites for hydroxylation is 4. The standard InChI is InChI=1S/2C28H41NO3S/c2*1-17-13-26(23(7)21(5)19(17)3)15-25-9-10-29(16-27(25)30)11-12-33(31,32)28-14-18(2)20(4)22(6)24(28)8/h2*13-14,25,27,30H,9-12,15-16H2,1-8H3/t2*25-,27-/m10/s1. The lowest BCUT2D eigenvalue weighted by Gasteiger charge is -2.36. The second kappa shape index (κ2) is 21.5. The molecule has 2 heterocycles. The molecule has 10 heteroatoms. The van der Waals surface area contributed by atoms with Crippen LogP contribution in [0.2, 0.25) is 0 Å².